The van der Waals surface area contributed by atoms with Gasteiger partial charge in [0, 0.05) is 6.42 Å². The highest BCUT2D eigenvalue weighted by Gasteiger charge is 2.39. The highest BCUT2D eigenvalue weighted by Crippen LogP contribution is 2.28. The summed E-state index contributed by atoms with van der Waals surface area (Å²) < 4.78 is 13.9. The smallest absolute Gasteiger partial charge is 0.157 e. The van der Waals surface area contributed by atoms with Crippen molar-refractivity contribution in [1.29, 1.82) is 0 Å². The molecular weight excluding hydrogens is 265 g/mol. The number of halogens is 2. The molecule has 1 atom stereocenters. The molecule has 0 spiro atoms. The second-order valence-electron chi connectivity index (χ2n) is 5.18. The Balaban J connectivity index is 2.17. The number of nitrogens with one attached hydrogen (secondary N) is 1. The van der Waals surface area contributed by atoms with Gasteiger partial charge in [0.2, 0.25) is 0 Å². The minimum absolute atomic E-state index is 0.0769. The normalized spacial score (nSPS) is 22.7. The van der Waals surface area contributed by atoms with Crippen molar-refractivity contribution < 1.29 is 9.18 Å². The molecule has 0 amide bonds. The lowest BCUT2D eigenvalue weighted by molar-refractivity contribution is -0.124. The number of carbonyl (C=O) groups excluding carboxylic acids is 1. The molecule has 0 bridgehead atoms. The summed E-state index contributed by atoms with van der Waals surface area (Å²) in [4.78, 5) is 12.5. The van der Waals surface area contributed by atoms with Gasteiger partial charge in [0.25, 0.3) is 0 Å². The summed E-state index contributed by atoms with van der Waals surface area (Å²) in [6.45, 7) is 2.93. The van der Waals surface area contributed by atoms with E-state index in [2.05, 4.69) is 12.2 Å². The van der Waals surface area contributed by atoms with Gasteiger partial charge < -0.3 is 5.32 Å². The first-order chi connectivity index (χ1) is 9.09. The maximum atomic E-state index is 13.9. The largest absolute Gasteiger partial charge is 0.305 e. The van der Waals surface area contributed by atoms with Gasteiger partial charge in [-0.25, -0.2) is 4.39 Å². The Labute approximate surface area is 118 Å². The molecular formula is C15H19ClFNO. The van der Waals surface area contributed by atoms with Crippen LogP contribution in [-0.4, -0.2) is 17.9 Å². The van der Waals surface area contributed by atoms with E-state index in [4.69, 9.17) is 11.6 Å². The molecule has 1 aliphatic rings. The zero-order valence-corrected chi connectivity index (χ0v) is 11.9. The number of carbonyl (C=O) groups is 1. The zero-order chi connectivity index (χ0) is 13.9. The fourth-order valence-corrected chi connectivity index (χ4v) is 3.05. The first kappa shape index (κ1) is 14.5. The summed E-state index contributed by atoms with van der Waals surface area (Å²) in [6.07, 6.45) is 3.72. The van der Waals surface area contributed by atoms with Crippen LogP contribution < -0.4 is 5.32 Å². The third-order valence-corrected chi connectivity index (χ3v) is 4.13. The lowest BCUT2D eigenvalue weighted by atomic mass is 9.84. The molecule has 1 heterocycles. The van der Waals surface area contributed by atoms with E-state index in [0.717, 1.165) is 32.2 Å². The van der Waals surface area contributed by atoms with Crippen molar-refractivity contribution in [2.45, 2.75) is 44.6 Å². The number of rotatable bonds is 5. The van der Waals surface area contributed by atoms with E-state index < -0.39 is 11.4 Å². The molecule has 0 aliphatic carbocycles. The van der Waals surface area contributed by atoms with Crippen molar-refractivity contribution in [1.82, 2.24) is 5.32 Å². The molecule has 1 unspecified atom stereocenters. The average molecular weight is 284 g/mol. The number of Topliss-reactive ketones (excluding diaryl/α,β-unsaturated/α-hetero) is 1. The van der Waals surface area contributed by atoms with Crippen LogP contribution in [0.15, 0.2) is 18.2 Å². The zero-order valence-electron chi connectivity index (χ0n) is 11.1. The molecule has 4 heteroatoms. The summed E-state index contributed by atoms with van der Waals surface area (Å²) in [6, 6.07) is 4.82. The molecule has 1 aliphatic heterocycles. The first-order valence-electron chi connectivity index (χ1n) is 6.80. The standard InChI is InChI=1S/C15H19ClFNO/c1-2-7-15(8-4-9-18-15)13(19)10-11-5-3-6-12(16)14(11)17/h3,5-6,18H,2,4,7-10H2,1H3. The summed E-state index contributed by atoms with van der Waals surface area (Å²) in [5, 5.41) is 3.40. The van der Waals surface area contributed by atoms with E-state index >= 15 is 0 Å². The fourth-order valence-electron chi connectivity index (χ4n) is 2.85. The van der Waals surface area contributed by atoms with Crippen molar-refractivity contribution in [2.24, 2.45) is 0 Å². The molecule has 104 valence electrons. The molecule has 1 aromatic carbocycles. The third-order valence-electron chi connectivity index (χ3n) is 3.84. The lowest BCUT2D eigenvalue weighted by Gasteiger charge is -2.27. The number of benzene rings is 1. The topological polar surface area (TPSA) is 29.1 Å². The van der Waals surface area contributed by atoms with E-state index in [0.29, 0.717) is 5.56 Å². The van der Waals surface area contributed by atoms with Gasteiger partial charge in [-0.05, 0) is 37.4 Å². The maximum Gasteiger partial charge on any atom is 0.157 e. The summed E-state index contributed by atoms with van der Waals surface area (Å²) in [5.41, 5.74) is -0.0644. The van der Waals surface area contributed by atoms with Crippen LogP contribution in [0.25, 0.3) is 0 Å². The molecule has 1 N–H and O–H groups in total. The van der Waals surface area contributed by atoms with Crippen LogP contribution in [0.4, 0.5) is 4.39 Å². The van der Waals surface area contributed by atoms with Crippen LogP contribution in [0.2, 0.25) is 5.02 Å². The van der Waals surface area contributed by atoms with E-state index in [1.807, 2.05) is 0 Å². The molecule has 0 radical (unpaired) electrons. The number of ketones is 1. The monoisotopic (exact) mass is 283 g/mol. The van der Waals surface area contributed by atoms with Crippen molar-refractivity contribution in [3.05, 3.63) is 34.6 Å². The predicted molar refractivity (Wildman–Crippen MR) is 75.0 cm³/mol. The molecule has 19 heavy (non-hydrogen) atoms. The summed E-state index contributed by atoms with van der Waals surface area (Å²) in [5.74, 6) is -0.393. The Morgan fingerprint density at radius 1 is 1.53 bits per heavy atom. The summed E-state index contributed by atoms with van der Waals surface area (Å²) in [7, 11) is 0. The van der Waals surface area contributed by atoms with Crippen LogP contribution in [0, 0.1) is 5.82 Å². The molecule has 0 saturated carbocycles. The van der Waals surface area contributed by atoms with Gasteiger partial charge in [0.1, 0.15) is 5.82 Å². The van der Waals surface area contributed by atoms with E-state index in [1.54, 1.807) is 12.1 Å². The minimum atomic E-state index is -0.470. The van der Waals surface area contributed by atoms with Crippen LogP contribution >= 0.6 is 11.6 Å². The van der Waals surface area contributed by atoms with Crippen molar-refractivity contribution in [3.8, 4) is 0 Å². The number of hydrogen-bond acceptors (Lipinski definition) is 2. The van der Waals surface area contributed by atoms with Gasteiger partial charge in [-0.2, -0.15) is 0 Å². The quantitative estimate of drug-likeness (QED) is 0.896. The molecule has 0 aromatic heterocycles. The van der Waals surface area contributed by atoms with Gasteiger partial charge >= 0.3 is 0 Å². The van der Waals surface area contributed by atoms with Gasteiger partial charge in [0.15, 0.2) is 5.78 Å². The lowest BCUT2D eigenvalue weighted by Crippen LogP contribution is -2.48. The van der Waals surface area contributed by atoms with Gasteiger partial charge in [0.05, 0.1) is 10.6 Å². The maximum absolute atomic E-state index is 13.9. The molecule has 1 saturated heterocycles. The van der Waals surface area contributed by atoms with Crippen LogP contribution in [0.5, 0.6) is 0 Å². The highest BCUT2D eigenvalue weighted by atomic mass is 35.5. The van der Waals surface area contributed by atoms with E-state index in [-0.39, 0.29) is 17.2 Å². The Kier molecular flexibility index (Phi) is 4.58. The van der Waals surface area contributed by atoms with Gasteiger partial charge in [-0.15, -0.1) is 0 Å². The first-order valence-corrected chi connectivity index (χ1v) is 7.18. The van der Waals surface area contributed by atoms with Crippen molar-refractivity contribution in [3.63, 3.8) is 0 Å². The molecule has 1 fully saturated rings. The van der Waals surface area contributed by atoms with Crippen LogP contribution in [0.1, 0.15) is 38.2 Å². The predicted octanol–water partition coefficient (Wildman–Crippen LogP) is 3.51. The Morgan fingerprint density at radius 2 is 2.32 bits per heavy atom. The second-order valence-corrected chi connectivity index (χ2v) is 5.58. The highest BCUT2D eigenvalue weighted by molar-refractivity contribution is 6.30. The van der Waals surface area contributed by atoms with Gasteiger partial charge in [-0.1, -0.05) is 37.1 Å². The third kappa shape index (κ3) is 2.98. The molecule has 2 rings (SSSR count). The van der Waals surface area contributed by atoms with Gasteiger partial charge in [-0.3, -0.25) is 4.79 Å². The Morgan fingerprint density at radius 3 is 2.95 bits per heavy atom. The van der Waals surface area contributed by atoms with Crippen molar-refractivity contribution in [2.75, 3.05) is 6.54 Å². The van der Waals surface area contributed by atoms with Crippen LogP contribution in [0.3, 0.4) is 0 Å². The minimum Gasteiger partial charge on any atom is -0.305 e. The van der Waals surface area contributed by atoms with E-state index in [1.165, 1.54) is 6.07 Å². The molecule has 2 nitrogen and oxygen atoms in total. The van der Waals surface area contributed by atoms with Crippen LogP contribution in [-0.2, 0) is 11.2 Å². The number of hydrogen-bond donors (Lipinski definition) is 1. The summed E-state index contributed by atoms with van der Waals surface area (Å²) >= 11 is 5.75. The van der Waals surface area contributed by atoms with Crippen molar-refractivity contribution >= 4 is 17.4 Å². The second kappa shape index (κ2) is 6.02. The Bertz CT molecular complexity index is 469. The fraction of sp³-hybridized carbons (Fsp3) is 0.533. The Hall–Kier alpha value is -0.930. The SMILES string of the molecule is CCCC1(C(=O)Cc2cccc(Cl)c2F)CCCN1. The molecule has 1 aromatic rings. The average Bonchev–Trinajstić information content (AvgIpc) is 2.85. The van der Waals surface area contributed by atoms with E-state index in [9.17, 15) is 9.18 Å².